The molecule has 6 heteroatoms. The Balaban J connectivity index is 2.29. The maximum atomic E-state index is 12.2. The molecule has 0 fully saturated rings. The molecule has 0 saturated heterocycles. The molecular formula is C13H16N4O2. The van der Waals surface area contributed by atoms with Crippen LogP contribution >= 0.6 is 0 Å². The lowest BCUT2D eigenvalue weighted by Gasteiger charge is -2.12. The second-order valence-electron chi connectivity index (χ2n) is 4.04. The van der Waals surface area contributed by atoms with E-state index in [0.29, 0.717) is 29.4 Å². The number of nitrogens with zero attached hydrogens (tertiary/aromatic N) is 1. The largest absolute Gasteiger partial charge is 0.491 e. The van der Waals surface area contributed by atoms with Crippen molar-refractivity contribution in [3.8, 4) is 5.75 Å². The van der Waals surface area contributed by atoms with Crippen molar-refractivity contribution in [3.63, 3.8) is 0 Å². The predicted molar refractivity (Wildman–Crippen MR) is 73.3 cm³/mol. The predicted octanol–water partition coefficient (Wildman–Crippen LogP) is 1.95. The van der Waals surface area contributed by atoms with Crippen LogP contribution in [0, 0.1) is 6.92 Å². The van der Waals surface area contributed by atoms with Gasteiger partial charge in [0.05, 0.1) is 24.1 Å². The van der Waals surface area contributed by atoms with Crippen molar-refractivity contribution in [1.29, 1.82) is 0 Å². The minimum absolute atomic E-state index is 0.289. The number of aromatic nitrogens is 2. The lowest BCUT2D eigenvalue weighted by atomic mass is 10.1. The first-order valence-corrected chi connectivity index (χ1v) is 5.96. The van der Waals surface area contributed by atoms with Gasteiger partial charge in [-0.05, 0) is 26.0 Å². The van der Waals surface area contributed by atoms with Gasteiger partial charge >= 0.3 is 0 Å². The molecule has 1 amide bonds. The molecule has 1 aromatic carbocycles. The summed E-state index contributed by atoms with van der Waals surface area (Å²) in [6, 6.07) is 5.08. The summed E-state index contributed by atoms with van der Waals surface area (Å²) < 4.78 is 5.43. The van der Waals surface area contributed by atoms with Gasteiger partial charge in [-0.3, -0.25) is 9.89 Å². The van der Waals surface area contributed by atoms with Crippen LogP contribution in [-0.2, 0) is 0 Å². The Bertz CT molecular complexity index is 592. The van der Waals surface area contributed by atoms with Gasteiger partial charge < -0.3 is 15.8 Å². The van der Waals surface area contributed by atoms with Crippen LogP contribution in [0.15, 0.2) is 24.4 Å². The number of hydrogen-bond acceptors (Lipinski definition) is 4. The van der Waals surface area contributed by atoms with Gasteiger partial charge in [0, 0.05) is 5.56 Å². The maximum Gasteiger partial charge on any atom is 0.260 e. The van der Waals surface area contributed by atoms with Gasteiger partial charge in [0.2, 0.25) is 0 Å². The zero-order valence-electron chi connectivity index (χ0n) is 10.9. The summed E-state index contributed by atoms with van der Waals surface area (Å²) in [6.45, 7) is 4.13. The van der Waals surface area contributed by atoms with Gasteiger partial charge in [0.25, 0.3) is 5.91 Å². The highest BCUT2D eigenvalue weighted by molar-refractivity contribution is 6.07. The van der Waals surface area contributed by atoms with Gasteiger partial charge in [-0.25, -0.2) is 0 Å². The second kappa shape index (κ2) is 5.43. The smallest absolute Gasteiger partial charge is 0.260 e. The summed E-state index contributed by atoms with van der Waals surface area (Å²) in [7, 11) is 0. The molecule has 0 radical (unpaired) electrons. The average Bonchev–Trinajstić information content (AvgIpc) is 2.78. The van der Waals surface area contributed by atoms with Crippen LogP contribution in [0.3, 0.4) is 0 Å². The number of anilines is 2. The third-order valence-corrected chi connectivity index (χ3v) is 2.65. The quantitative estimate of drug-likeness (QED) is 0.732. The Morgan fingerprint density at radius 2 is 2.32 bits per heavy atom. The first-order chi connectivity index (χ1) is 9.13. The Hall–Kier alpha value is -2.50. The molecule has 1 heterocycles. The minimum Gasteiger partial charge on any atom is -0.491 e. The van der Waals surface area contributed by atoms with E-state index in [0.717, 1.165) is 5.56 Å². The molecule has 4 N–H and O–H groups in total. The van der Waals surface area contributed by atoms with Gasteiger partial charge in [0.1, 0.15) is 5.82 Å². The highest BCUT2D eigenvalue weighted by Crippen LogP contribution is 2.27. The Kier molecular flexibility index (Phi) is 3.70. The first-order valence-electron chi connectivity index (χ1n) is 5.96. The number of aromatic amines is 1. The molecule has 0 spiro atoms. The summed E-state index contributed by atoms with van der Waals surface area (Å²) in [4.78, 5) is 12.2. The SMILES string of the molecule is CCOc1c(N)cccc1C(=O)Nc1[nH]ncc1C. The molecule has 19 heavy (non-hydrogen) atoms. The summed E-state index contributed by atoms with van der Waals surface area (Å²) in [5.74, 6) is 0.678. The summed E-state index contributed by atoms with van der Waals surface area (Å²) in [5, 5.41) is 9.31. The topological polar surface area (TPSA) is 93.0 Å². The molecular weight excluding hydrogens is 244 g/mol. The Labute approximate surface area is 111 Å². The molecule has 1 aromatic heterocycles. The number of nitrogens with one attached hydrogen (secondary N) is 2. The fourth-order valence-corrected chi connectivity index (χ4v) is 1.69. The van der Waals surface area contributed by atoms with E-state index in [9.17, 15) is 4.79 Å². The lowest BCUT2D eigenvalue weighted by Crippen LogP contribution is -2.15. The van der Waals surface area contributed by atoms with E-state index in [1.165, 1.54) is 0 Å². The number of carbonyl (C=O) groups excluding carboxylic acids is 1. The number of carbonyl (C=O) groups is 1. The Morgan fingerprint density at radius 3 is 2.95 bits per heavy atom. The van der Waals surface area contributed by atoms with E-state index in [-0.39, 0.29) is 5.91 Å². The molecule has 0 saturated carbocycles. The summed E-state index contributed by atoms with van der Waals surface area (Å²) in [5.41, 5.74) is 7.52. The van der Waals surface area contributed by atoms with Crippen LogP contribution in [0.25, 0.3) is 0 Å². The number of nitrogens with two attached hydrogens (primary N) is 1. The zero-order valence-corrected chi connectivity index (χ0v) is 10.9. The van der Waals surface area contributed by atoms with E-state index in [4.69, 9.17) is 10.5 Å². The molecule has 0 atom stereocenters. The molecule has 0 bridgehead atoms. The van der Waals surface area contributed by atoms with Crippen molar-refractivity contribution in [2.45, 2.75) is 13.8 Å². The highest BCUT2D eigenvalue weighted by Gasteiger charge is 2.16. The third kappa shape index (κ3) is 2.67. The first kappa shape index (κ1) is 12.9. The normalized spacial score (nSPS) is 10.2. The fourth-order valence-electron chi connectivity index (χ4n) is 1.69. The number of benzene rings is 1. The summed E-state index contributed by atoms with van der Waals surface area (Å²) >= 11 is 0. The summed E-state index contributed by atoms with van der Waals surface area (Å²) in [6.07, 6.45) is 1.64. The molecule has 0 aliphatic carbocycles. The van der Waals surface area contributed by atoms with Crippen LogP contribution in [0.4, 0.5) is 11.5 Å². The van der Waals surface area contributed by atoms with E-state index in [1.54, 1.807) is 24.4 Å². The molecule has 2 rings (SSSR count). The second-order valence-corrected chi connectivity index (χ2v) is 4.04. The molecule has 0 aliphatic rings. The number of ether oxygens (including phenoxy) is 1. The number of hydrogen-bond donors (Lipinski definition) is 3. The van der Waals surface area contributed by atoms with Gasteiger partial charge in [0.15, 0.2) is 5.75 Å². The molecule has 0 aliphatic heterocycles. The van der Waals surface area contributed by atoms with Gasteiger partial charge in [-0.15, -0.1) is 0 Å². The minimum atomic E-state index is -0.289. The average molecular weight is 260 g/mol. The number of amides is 1. The standard InChI is InChI=1S/C13H16N4O2/c1-3-19-11-9(5-4-6-10(11)14)13(18)16-12-8(2)7-15-17-12/h4-7H,3,14H2,1-2H3,(H2,15,16,17,18). The molecule has 100 valence electrons. The van der Waals surface area contributed by atoms with E-state index in [1.807, 2.05) is 13.8 Å². The lowest BCUT2D eigenvalue weighted by molar-refractivity contribution is 0.102. The van der Waals surface area contributed by atoms with Gasteiger partial charge in [-0.1, -0.05) is 6.07 Å². The number of rotatable bonds is 4. The number of para-hydroxylation sites is 1. The van der Waals surface area contributed by atoms with Crippen LogP contribution in [-0.4, -0.2) is 22.7 Å². The van der Waals surface area contributed by atoms with Crippen LogP contribution in [0.2, 0.25) is 0 Å². The van der Waals surface area contributed by atoms with Crippen molar-refractivity contribution in [2.75, 3.05) is 17.7 Å². The van der Waals surface area contributed by atoms with E-state index in [2.05, 4.69) is 15.5 Å². The van der Waals surface area contributed by atoms with Crippen molar-refractivity contribution in [3.05, 3.63) is 35.5 Å². The van der Waals surface area contributed by atoms with Crippen LogP contribution in [0.5, 0.6) is 5.75 Å². The zero-order chi connectivity index (χ0) is 13.8. The number of H-pyrrole nitrogens is 1. The van der Waals surface area contributed by atoms with E-state index < -0.39 is 0 Å². The number of nitrogen functional groups attached to an aromatic ring is 1. The van der Waals surface area contributed by atoms with Crippen molar-refractivity contribution in [1.82, 2.24) is 10.2 Å². The van der Waals surface area contributed by atoms with Crippen molar-refractivity contribution in [2.24, 2.45) is 0 Å². The third-order valence-electron chi connectivity index (χ3n) is 2.65. The van der Waals surface area contributed by atoms with Crippen LogP contribution in [0.1, 0.15) is 22.8 Å². The maximum absolute atomic E-state index is 12.2. The highest BCUT2D eigenvalue weighted by atomic mass is 16.5. The monoisotopic (exact) mass is 260 g/mol. The van der Waals surface area contributed by atoms with Crippen LogP contribution < -0.4 is 15.8 Å². The number of aryl methyl sites for hydroxylation is 1. The van der Waals surface area contributed by atoms with Gasteiger partial charge in [-0.2, -0.15) is 5.10 Å². The Morgan fingerprint density at radius 1 is 1.53 bits per heavy atom. The fraction of sp³-hybridized carbons (Fsp3) is 0.231. The van der Waals surface area contributed by atoms with E-state index >= 15 is 0 Å². The molecule has 2 aromatic rings. The van der Waals surface area contributed by atoms with Crippen molar-refractivity contribution >= 4 is 17.4 Å². The molecule has 0 unspecified atom stereocenters. The van der Waals surface area contributed by atoms with Crippen molar-refractivity contribution < 1.29 is 9.53 Å². The molecule has 6 nitrogen and oxygen atoms in total.